The van der Waals surface area contributed by atoms with Crippen molar-refractivity contribution in [1.82, 2.24) is 19.8 Å². The molecule has 0 saturated carbocycles. The number of hydrogen-bond donors (Lipinski definition) is 0. The first-order valence-corrected chi connectivity index (χ1v) is 8.42. The van der Waals surface area contributed by atoms with Crippen LogP contribution in [-0.2, 0) is 13.0 Å². The second-order valence-electron chi connectivity index (χ2n) is 5.59. The molecule has 4 nitrogen and oxygen atoms in total. The highest BCUT2D eigenvalue weighted by atomic mass is 32.1. The molecule has 3 rings (SSSR count). The number of pyridine rings is 1. The lowest BCUT2D eigenvalue weighted by atomic mass is 10.2. The largest absolute Gasteiger partial charge is 0.300 e. The van der Waals surface area contributed by atoms with Crippen LogP contribution >= 0.6 is 11.3 Å². The lowest BCUT2D eigenvalue weighted by Crippen LogP contribution is -2.46. The summed E-state index contributed by atoms with van der Waals surface area (Å²) in [6.07, 6.45) is 4.88. The highest BCUT2D eigenvalue weighted by molar-refractivity contribution is 7.09. The molecule has 0 atom stereocenters. The van der Waals surface area contributed by atoms with Gasteiger partial charge in [-0.25, -0.2) is 4.98 Å². The van der Waals surface area contributed by atoms with Gasteiger partial charge in [0.2, 0.25) is 0 Å². The maximum atomic E-state index is 4.54. The smallest absolute Gasteiger partial charge is 0.0897 e. The van der Waals surface area contributed by atoms with Crippen LogP contribution < -0.4 is 0 Å². The molecule has 1 fully saturated rings. The van der Waals surface area contributed by atoms with E-state index in [0.717, 1.165) is 45.7 Å². The Bertz CT molecular complexity index is 546. The third kappa shape index (κ3) is 4.33. The Kier molecular flexibility index (Phi) is 4.95. The molecule has 2 aromatic heterocycles. The van der Waals surface area contributed by atoms with Gasteiger partial charge in [-0.2, -0.15) is 0 Å². The predicted molar refractivity (Wildman–Crippen MR) is 86.5 cm³/mol. The van der Waals surface area contributed by atoms with Gasteiger partial charge in [0.05, 0.1) is 10.7 Å². The minimum Gasteiger partial charge on any atom is -0.300 e. The lowest BCUT2D eigenvalue weighted by Gasteiger charge is -2.34. The summed E-state index contributed by atoms with van der Waals surface area (Å²) in [4.78, 5) is 13.8. The van der Waals surface area contributed by atoms with Crippen LogP contribution in [0.1, 0.15) is 16.3 Å². The average molecular weight is 302 g/mol. The van der Waals surface area contributed by atoms with E-state index in [0.29, 0.717) is 0 Å². The third-order valence-corrected chi connectivity index (χ3v) is 4.77. The van der Waals surface area contributed by atoms with E-state index in [1.807, 2.05) is 18.5 Å². The van der Waals surface area contributed by atoms with E-state index in [1.165, 1.54) is 16.3 Å². The maximum Gasteiger partial charge on any atom is 0.0897 e. The summed E-state index contributed by atoms with van der Waals surface area (Å²) in [6.45, 7) is 8.82. The van der Waals surface area contributed by atoms with Crippen molar-refractivity contribution in [2.45, 2.75) is 19.9 Å². The maximum absolute atomic E-state index is 4.54. The predicted octanol–water partition coefficient (Wildman–Crippen LogP) is 2.21. The van der Waals surface area contributed by atoms with E-state index >= 15 is 0 Å². The minimum absolute atomic E-state index is 1.02. The number of nitrogens with zero attached hydrogens (tertiary/aromatic N) is 4. The highest BCUT2D eigenvalue weighted by Crippen LogP contribution is 2.11. The van der Waals surface area contributed by atoms with Crippen molar-refractivity contribution in [1.29, 1.82) is 0 Å². The van der Waals surface area contributed by atoms with Crippen LogP contribution in [0.2, 0.25) is 0 Å². The SMILES string of the molecule is Cc1nc(CCN2CCN(Cc3cccnc3)CC2)cs1. The van der Waals surface area contributed by atoms with Gasteiger partial charge < -0.3 is 4.90 Å². The fourth-order valence-electron chi connectivity index (χ4n) is 2.72. The highest BCUT2D eigenvalue weighted by Gasteiger charge is 2.16. The topological polar surface area (TPSA) is 32.3 Å². The monoisotopic (exact) mass is 302 g/mol. The molecule has 1 saturated heterocycles. The summed E-state index contributed by atoms with van der Waals surface area (Å²) in [5.74, 6) is 0. The summed E-state index contributed by atoms with van der Waals surface area (Å²) in [6, 6.07) is 4.17. The number of piperazine rings is 1. The molecule has 112 valence electrons. The molecule has 3 heterocycles. The van der Waals surface area contributed by atoms with Crippen LogP contribution in [0.25, 0.3) is 0 Å². The van der Waals surface area contributed by atoms with Crippen molar-refractivity contribution < 1.29 is 0 Å². The van der Waals surface area contributed by atoms with Crippen molar-refractivity contribution in [3.63, 3.8) is 0 Å². The van der Waals surface area contributed by atoms with Crippen LogP contribution in [0.5, 0.6) is 0 Å². The number of aryl methyl sites for hydroxylation is 1. The zero-order chi connectivity index (χ0) is 14.5. The van der Waals surface area contributed by atoms with E-state index in [-0.39, 0.29) is 0 Å². The molecule has 21 heavy (non-hydrogen) atoms. The van der Waals surface area contributed by atoms with E-state index in [1.54, 1.807) is 11.3 Å². The van der Waals surface area contributed by atoms with Gasteiger partial charge >= 0.3 is 0 Å². The molecular weight excluding hydrogens is 280 g/mol. The molecule has 0 unspecified atom stereocenters. The molecule has 0 radical (unpaired) electrons. The normalized spacial score (nSPS) is 17.2. The van der Waals surface area contributed by atoms with Crippen molar-refractivity contribution in [2.75, 3.05) is 32.7 Å². The summed E-state index contributed by atoms with van der Waals surface area (Å²) in [5, 5.41) is 3.36. The first-order valence-electron chi connectivity index (χ1n) is 7.54. The Morgan fingerprint density at radius 3 is 2.67 bits per heavy atom. The molecule has 0 N–H and O–H groups in total. The lowest BCUT2D eigenvalue weighted by molar-refractivity contribution is 0.128. The molecule has 1 aliphatic rings. The molecular formula is C16H22N4S. The van der Waals surface area contributed by atoms with Gasteiger partial charge in [0.25, 0.3) is 0 Å². The Balaban J connectivity index is 1.40. The number of rotatable bonds is 5. The van der Waals surface area contributed by atoms with Gasteiger partial charge in [0.1, 0.15) is 0 Å². The molecule has 0 aliphatic carbocycles. The second kappa shape index (κ2) is 7.11. The quantitative estimate of drug-likeness (QED) is 0.847. The zero-order valence-corrected chi connectivity index (χ0v) is 13.4. The molecule has 0 amide bonds. The summed E-state index contributed by atoms with van der Waals surface area (Å²) in [7, 11) is 0. The molecule has 2 aromatic rings. The van der Waals surface area contributed by atoms with E-state index in [2.05, 4.69) is 38.1 Å². The van der Waals surface area contributed by atoms with Gasteiger partial charge in [0.15, 0.2) is 0 Å². The number of aromatic nitrogens is 2. The Labute approximate surface area is 130 Å². The van der Waals surface area contributed by atoms with E-state index in [4.69, 9.17) is 0 Å². The van der Waals surface area contributed by atoms with Crippen LogP contribution in [0.15, 0.2) is 29.9 Å². The van der Waals surface area contributed by atoms with Gasteiger partial charge in [-0.15, -0.1) is 11.3 Å². The average Bonchev–Trinajstić information content (AvgIpc) is 2.93. The summed E-state index contributed by atoms with van der Waals surface area (Å²) >= 11 is 1.75. The number of hydrogen-bond acceptors (Lipinski definition) is 5. The standard InChI is InChI=1S/C16H22N4S/c1-14-18-16(13-21-14)4-6-19-7-9-20(10-8-19)12-15-3-2-5-17-11-15/h2-3,5,11,13H,4,6-10,12H2,1H3. The molecule has 0 aromatic carbocycles. The van der Waals surface area contributed by atoms with E-state index < -0.39 is 0 Å². The van der Waals surface area contributed by atoms with Crippen molar-refractivity contribution in [3.8, 4) is 0 Å². The van der Waals surface area contributed by atoms with Crippen molar-refractivity contribution >= 4 is 11.3 Å². The van der Waals surface area contributed by atoms with Gasteiger partial charge in [-0.3, -0.25) is 9.88 Å². The zero-order valence-electron chi connectivity index (χ0n) is 12.5. The van der Waals surface area contributed by atoms with Gasteiger partial charge in [-0.1, -0.05) is 6.07 Å². The van der Waals surface area contributed by atoms with Crippen LogP contribution in [0.3, 0.4) is 0 Å². The first-order chi connectivity index (χ1) is 10.3. The van der Waals surface area contributed by atoms with Crippen molar-refractivity contribution in [3.05, 3.63) is 46.2 Å². The van der Waals surface area contributed by atoms with Crippen molar-refractivity contribution in [2.24, 2.45) is 0 Å². The fraction of sp³-hybridized carbons (Fsp3) is 0.500. The Morgan fingerprint density at radius 2 is 2.00 bits per heavy atom. The Morgan fingerprint density at radius 1 is 1.19 bits per heavy atom. The van der Waals surface area contributed by atoms with Gasteiger partial charge in [0, 0.05) is 63.5 Å². The summed E-state index contributed by atoms with van der Waals surface area (Å²) < 4.78 is 0. The molecule has 0 bridgehead atoms. The molecule has 1 aliphatic heterocycles. The first kappa shape index (κ1) is 14.6. The number of thiazole rings is 1. The minimum atomic E-state index is 1.02. The van der Waals surface area contributed by atoms with Gasteiger partial charge in [-0.05, 0) is 18.6 Å². The van der Waals surface area contributed by atoms with E-state index in [9.17, 15) is 0 Å². The fourth-order valence-corrected chi connectivity index (χ4v) is 3.36. The molecule has 0 spiro atoms. The van der Waals surface area contributed by atoms with Crippen LogP contribution in [0, 0.1) is 6.92 Å². The second-order valence-corrected chi connectivity index (χ2v) is 6.65. The summed E-state index contributed by atoms with van der Waals surface area (Å²) in [5.41, 5.74) is 2.55. The molecule has 5 heteroatoms. The third-order valence-electron chi connectivity index (χ3n) is 3.94. The Hall–Kier alpha value is -1.30. The van der Waals surface area contributed by atoms with Crippen LogP contribution in [-0.4, -0.2) is 52.5 Å². The van der Waals surface area contributed by atoms with Crippen LogP contribution in [0.4, 0.5) is 0 Å².